The second-order valence-corrected chi connectivity index (χ2v) is 11.8. The number of carbonyl (C=O) groups is 2. The number of likely N-dealkylation sites (tertiary alicyclic amines) is 1. The van der Waals surface area contributed by atoms with Crippen molar-refractivity contribution < 1.29 is 14.7 Å². The van der Waals surface area contributed by atoms with Crippen LogP contribution in [0, 0.1) is 6.92 Å². The Hall–Kier alpha value is -4.54. The van der Waals surface area contributed by atoms with Crippen LogP contribution in [0.2, 0.25) is 0 Å². The highest BCUT2D eigenvalue weighted by molar-refractivity contribution is 6.05. The first kappa shape index (κ1) is 29.5. The van der Waals surface area contributed by atoms with E-state index in [1.54, 1.807) is 23.0 Å². The van der Waals surface area contributed by atoms with Crippen molar-refractivity contribution in [1.82, 2.24) is 25.0 Å². The quantitative estimate of drug-likeness (QED) is 0.298. The van der Waals surface area contributed by atoms with E-state index in [9.17, 15) is 14.7 Å². The first-order valence-electron chi connectivity index (χ1n) is 15.2. The predicted molar refractivity (Wildman–Crippen MR) is 171 cm³/mol. The Labute approximate surface area is 257 Å². The van der Waals surface area contributed by atoms with E-state index >= 15 is 0 Å². The molecule has 4 aromatic rings. The van der Waals surface area contributed by atoms with Gasteiger partial charge in [-0.3, -0.25) is 14.3 Å². The first-order valence-corrected chi connectivity index (χ1v) is 15.2. The number of nitrogens with one attached hydrogen (secondary N) is 2. The number of hydrogen-bond donors (Lipinski definition) is 3. The van der Waals surface area contributed by atoms with Crippen molar-refractivity contribution in [3.63, 3.8) is 0 Å². The summed E-state index contributed by atoms with van der Waals surface area (Å²) in [6, 6.07) is 17.8. The zero-order chi connectivity index (χ0) is 30.6. The zero-order valence-corrected chi connectivity index (χ0v) is 25.2. The van der Waals surface area contributed by atoms with Crippen molar-refractivity contribution >= 4 is 23.3 Å². The van der Waals surface area contributed by atoms with E-state index in [1.165, 1.54) is 5.56 Å². The normalized spacial score (nSPS) is 17.5. The van der Waals surface area contributed by atoms with Gasteiger partial charge in [0.15, 0.2) is 0 Å². The fraction of sp³-hybridized carbons (Fsp3) is 0.353. The minimum atomic E-state index is -0.277. The minimum Gasteiger partial charge on any atom is -0.395 e. The van der Waals surface area contributed by atoms with Gasteiger partial charge in [0.05, 0.1) is 18.4 Å². The molecule has 0 aliphatic carbocycles. The summed E-state index contributed by atoms with van der Waals surface area (Å²) in [5.74, 6) is 0.892. The van der Waals surface area contributed by atoms with E-state index in [4.69, 9.17) is 0 Å². The lowest BCUT2D eigenvalue weighted by molar-refractivity contribution is 0.0712. The molecule has 2 fully saturated rings. The lowest BCUT2D eigenvalue weighted by atomic mass is 9.88. The molecule has 10 nitrogen and oxygen atoms in total. The second-order valence-electron chi connectivity index (χ2n) is 11.8. The zero-order valence-electron chi connectivity index (χ0n) is 25.2. The van der Waals surface area contributed by atoms with Crippen molar-refractivity contribution in [2.75, 3.05) is 49.5 Å². The molecule has 2 aliphatic rings. The molecule has 0 saturated carbocycles. The number of nitrogens with zero attached hydrogens (tertiary/aromatic N) is 5. The number of piperazine rings is 1. The van der Waals surface area contributed by atoms with Gasteiger partial charge in [-0.25, -0.2) is 4.98 Å². The van der Waals surface area contributed by atoms with Gasteiger partial charge in [-0.1, -0.05) is 30.3 Å². The number of aliphatic hydroxyl groups excluding tert-OH is 1. The van der Waals surface area contributed by atoms with Gasteiger partial charge in [0.2, 0.25) is 0 Å². The van der Waals surface area contributed by atoms with E-state index in [0.717, 1.165) is 48.4 Å². The molecule has 2 aromatic heterocycles. The van der Waals surface area contributed by atoms with Gasteiger partial charge in [0.25, 0.3) is 11.8 Å². The van der Waals surface area contributed by atoms with Crippen molar-refractivity contribution in [2.24, 2.45) is 7.05 Å². The Kier molecular flexibility index (Phi) is 8.72. The maximum Gasteiger partial charge on any atom is 0.257 e. The van der Waals surface area contributed by atoms with Crippen LogP contribution in [-0.4, -0.2) is 82.0 Å². The number of amides is 2. The van der Waals surface area contributed by atoms with Gasteiger partial charge in [-0.15, -0.1) is 0 Å². The largest absolute Gasteiger partial charge is 0.395 e. The molecular weight excluding hydrogens is 554 g/mol. The number of aliphatic hydroxyl groups is 1. The Morgan fingerprint density at radius 2 is 1.75 bits per heavy atom. The smallest absolute Gasteiger partial charge is 0.257 e. The Morgan fingerprint density at radius 1 is 0.977 bits per heavy atom. The summed E-state index contributed by atoms with van der Waals surface area (Å²) in [5, 5.41) is 20.0. The first-order chi connectivity index (χ1) is 21.4. The van der Waals surface area contributed by atoms with Gasteiger partial charge >= 0.3 is 0 Å². The number of hydrogen-bond acceptors (Lipinski definition) is 7. The minimum absolute atomic E-state index is 0.00790. The number of piperidine rings is 1. The summed E-state index contributed by atoms with van der Waals surface area (Å²) < 4.78 is 1.81. The monoisotopic (exact) mass is 593 g/mol. The highest BCUT2D eigenvalue weighted by atomic mass is 16.3. The molecule has 0 bridgehead atoms. The van der Waals surface area contributed by atoms with Crippen LogP contribution in [0.25, 0.3) is 11.1 Å². The molecule has 44 heavy (non-hydrogen) atoms. The topological polar surface area (TPSA) is 116 Å². The van der Waals surface area contributed by atoms with Crippen LogP contribution in [0.15, 0.2) is 73.2 Å². The molecule has 1 atom stereocenters. The maximum absolute atomic E-state index is 13.5. The summed E-state index contributed by atoms with van der Waals surface area (Å²) >= 11 is 0. The molecule has 10 heteroatoms. The van der Waals surface area contributed by atoms with E-state index in [-0.39, 0.29) is 24.5 Å². The van der Waals surface area contributed by atoms with Crippen molar-refractivity contribution in [2.45, 2.75) is 31.7 Å². The van der Waals surface area contributed by atoms with Crippen LogP contribution < -0.4 is 15.5 Å². The van der Waals surface area contributed by atoms with Crippen LogP contribution in [-0.2, 0) is 7.05 Å². The number of aromatic nitrogens is 3. The SMILES string of the molecule is Cc1ccc(C(=O)N2CCC(c3ccc(-c4cnn(C)c4)cc3)CC2)cc1NC(=O)c1ccc(N2CCNC(CO)C2)nc1. The van der Waals surface area contributed by atoms with E-state index in [0.29, 0.717) is 42.4 Å². The molecule has 228 valence electrons. The van der Waals surface area contributed by atoms with Crippen molar-refractivity contribution in [3.8, 4) is 11.1 Å². The molecule has 3 N–H and O–H groups in total. The molecule has 2 aromatic carbocycles. The molecular formula is C34H39N7O3. The third-order valence-electron chi connectivity index (χ3n) is 8.75. The second kappa shape index (κ2) is 13.0. The van der Waals surface area contributed by atoms with E-state index in [2.05, 4.69) is 49.9 Å². The lowest BCUT2D eigenvalue weighted by Crippen LogP contribution is -2.52. The van der Waals surface area contributed by atoms with Crippen molar-refractivity contribution in [3.05, 3.63) is 95.4 Å². The molecule has 4 heterocycles. The number of anilines is 2. The van der Waals surface area contributed by atoms with Crippen LogP contribution in [0.5, 0.6) is 0 Å². The standard InChI is InChI=1S/C34H39N7O3/c1-23-3-4-27(17-31(23)38-33(43)28-9-10-32(36-18-28)41-16-13-35-30(21-41)22-42)34(44)40-14-11-26(12-15-40)24-5-7-25(8-6-24)29-19-37-39(2)20-29/h3-10,17-20,26,30,35,42H,11-16,21-22H2,1-2H3,(H,38,43). The number of benzene rings is 2. The van der Waals surface area contributed by atoms with Crippen LogP contribution in [0.1, 0.15) is 50.6 Å². The molecule has 2 aliphatic heterocycles. The highest BCUT2D eigenvalue weighted by Crippen LogP contribution is 2.31. The molecule has 0 spiro atoms. The predicted octanol–water partition coefficient (Wildman–Crippen LogP) is 3.83. The van der Waals surface area contributed by atoms with Crippen LogP contribution in [0.3, 0.4) is 0 Å². The Morgan fingerprint density at radius 3 is 2.43 bits per heavy atom. The lowest BCUT2D eigenvalue weighted by Gasteiger charge is -2.33. The molecule has 1 unspecified atom stereocenters. The molecule has 6 rings (SSSR count). The van der Waals surface area contributed by atoms with Gasteiger partial charge in [0, 0.05) is 75.0 Å². The van der Waals surface area contributed by atoms with Crippen LogP contribution >= 0.6 is 0 Å². The fourth-order valence-corrected chi connectivity index (χ4v) is 6.06. The third kappa shape index (κ3) is 6.51. The average Bonchev–Trinajstić information content (AvgIpc) is 3.51. The molecule has 2 amide bonds. The number of pyridine rings is 1. The third-order valence-corrected chi connectivity index (χ3v) is 8.75. The van der Waals surface area contributed by atoms with Gasteiger partial charge in [-0.2, -0.15) is 5.10 Å². The summed E-state index contributed by atoms with van der Waals surface area (Å²) in [5.41, 5.74) is 6.05. The van der Waals surface area contributed by atoms with E-state index in [1.807, 2.05) is 49.5 Å². The number of rotatable bonds is 7. The Balaban J connectivity index is 1.05. The Bertz CT molecular complexity index is 1610. The summed E-state index contributed by atoms with van der Waals surface area (Å²) in [7, 11) is 1.92. The van der Waals surface area contributed by atoms with Gasteiger partial charge in [-0.05, 0) is 66.6 Å². The van der Waals surface area contributed by atoms with E-state index < -0.39 is 0 Å². The van der Waals surface area contributed by atoms with Crippen LogP contribution in [0.4, 0.5) is 11.5 Å². The molecule has 0 radical (unpaired) electrons. The van der Waals surface area contributed by atoms with Crippen molar-refractivity contribution in [1.29, 1.82) is 0 Å². The summed E-state index contributed by atoms with van der Waals surface area (Å²) in [6.07, 6.45) is 7.27. The van der Waals surface area contributed by atoms with Gasteiger partial charge in [0.1, 0.15) is 5.82 Å². The molecule has 2 saturated heterocycles. The van der Waals surface area contributed by atoms with Gasteiger partial charge < -0.3 is 25.5 Å². The summed E-state index contributed by atoms with van der Waals surface area (Å²) in [4.78, 5) is 35.1. The number of carbonyl (C=O) groups excluding carboxylic acids is 2. The summed E-state index contributed by atoms with van der Waals surface area (Å²) in [6.45, 7) is 5.57. The fourth-order valence-electron chi connectivity index (χ4n) is 6.06. The highest BCUT2D eigenvalue weighted by Gasteiger charge is 2.25. The average molecular weight is 594 g/mol. The maximum atomic E-state index is 13.5. The number of aryl methyl sites for hydroxylation is 2.